The van der Waals surface area contributed by atoms with Crippen molar-refractivity contribution in [3.05, 3.63) is 54.2 Å². The summed E-state index contributed by atoms with van der Waals surface area (Å²) in [6, 6.07) is 13.8. The summed E-state index contributed by atoms with van der Waals surface area (Å²) in [5.41, 5.74) is 6.87. The van der Waals surface area contributed by atoms with Gasteiger partial charge in [0.1, 0.15) is 11.6 Å². The number of para-hydroxylation sites is 1. The van der Waals surface area contributed by atoms with Gasteiger partial charge in [0.05, 0.1) is 6.61 Å². The summed E-state index contributed by atoms with van der Waals surface area (Å²) in [4.78, 5) is 3.98. The van der Waals surface area contributed by atoms with E-state index in [9.17, 15) is 0 Å². The fourth-order valence-corrected chi connectivity index (χ4v) is 1.79. The van der Waals surface area contributed by atoms with E-state index in [1.807, 2.05) is 42.5 Å². The highest BCUT2D eigenvalue weighted by Gasteiger charge is 1.96. The predicted molar refractivity (Wildman–Crippen MR) is 73.5 cm³/mol. The first-order valence-corrected chi connectivity index (χ1v) is 6.23. The second kappa shape index (κ2) is 6.64. The van der Waals surface area contributed by atoms with E-state index < -0.39 is 0 Å². The molecule has 0 amide bonds. The summed E-state index contributed by atoms with van der Waals surface area (Å²) in [6.45, 7) is 0.755. The Labute approximate surface area is 108 Å². The van der Waals surface area contributed by atoms with Crippen LogP contribution in [-0.4, -0.2) is 11.6 Å². The predicted octanol–water partition coefficient (Wildman–Crippen LogP) is 3.07. The first-order chi connectivity index (χ1) is 8.84. The Hall–Kier alpha value is -2.03. The maximum absolute atomic E-state index is 5.63. The largest absolute Gasteiger partial charge is 0.494 e. The van der Waals surface area contributed by atoms with Crippen LogP contribution in [-0.2, 0) is 6.42 Å². The van der Waals surface area contributed by atoms with Crippen molar-refractivity contribution in [1.29, 1.82) is 0 Å². The minimum absolute atomic E-state index is 0.591. The fourth-order valence-electron chi connectivity index (χ4n) is 1.79. The Morgan fingerprint density at radius 1 is 1.06 bits per heavy atom. The van der Waals surface area contributed by atoms with Crippen molar-refractivity contribution >= 4 is 5.82 Å². The van der Waals surface area contributed by atoms with E-state index in [2.05, 4.69) is 4.98 Å². The Kier molecular flexibility index (Phi) is 4.59. The van der Waals surface area contributed by atoms with E-state index in [0.29, 0.717) is 5.82 Å². The number of hydrogen-bond donors (Lipinski definition) is 1. The summed E-state index contributed by atoms with van der Waals surface area (Å²) in [7, 11) is 0. The minimum atomic E-state index is 0.591. The van der Waals surface area contributed by atoms with Crippen LogP contribution in [0.3, 0.4) is 0 Å². The Balaban J connectivity index is 1.65. The van der Waals surface area contributed by atoms with Crippen LogP contribution in [0.4, 0.5) is 5.82 Å². The molecule has 0 unspecified atom stereocenters. The van der Waals surface area contributed by atoms with Crippen LogP contribution in [0.25, 0.3) is 0 Å². The number of anilines is 1. The molecule has 0 radical (unpaired) electrons. The second-order valence-corrected chi connectivity index (χ2v) is 4.21. The average molecular weight is 242 g/mol. The standard InChI is InChI=1S/C15H18N2O/c16-15-12-13(9-10-17-15)6-4-5-11-18-14-7-2-1-3-8-14/h1-3,7-10,12H,4-6,11H2,(H2,16,17). The van der Waals surface area contributed by atoms with Crippen LogP contribution in [0, 0.1) is 0 Å². The van der Waals surface area contributed by atoms with E-state index in [1.165, 1.54) is 5.56 Å². The molecule has 0 aliphatic heterocycles. The first-order valence-electron chi connectivity index (χ1n) is 6.23. The van der Waals surface area contributed by atoms with Crippen LogP contribution in [0.15, 0.2) is 48.7 Å². The number of nitrogens with two attached hydrogens (primary N) is 1. The molecular formula is C15H18N2O. The maximum atomic E-state index is 5.63. The SMILES string of the molecule is Nc1cc(CCCCOc2ccccc2)ccn1. The molecule has 0 atom stereocenters. The lowest BCUT2D eigenvalue weighted by molar-refractivity contribution is 0.307. The summed E-state index contributed by atoms with van der Waals surface area (Å²) in [5.74, 6) is 1.53. The number of aryl methyl sites for hydroxylation is 1. The molecule has 2 rings (SSSR count). The van der Waals surface area contributed by atoms with Gasteiger partial charge in [-0.25, -0.2) is 4.98 Å². The fraction of sp³-hybridized carbons (Fsp3) is 0.267. The van der Waals surface area contributed by atoms with E-state index >= 15 is 0 Å². The number of pyridine rings is 1. The molecule has 2 N–H and O–H groups in total. The van der Waals surface area contributed by atoms with Gasteiger partial charge in [-0.05, 0) is 49.1 Å². The number of benzene rings is 1. The molecule has 0 aliphatic rings. The van der Waals surface area contributed by atoms with Crippen molar-refractivity contribution in [1.82, 2.24) is 4.98 Å². The van der Waals surface area contributed by atoms with Gasteiger partial charge >= 0.3 is 0 Å². The monoisotopic (exact) mass is 242 g/mol. The van der Waals surface area contributed by atoms with Crippen molar-refractivity contribution in [2.24, 2.45) is 0 Å². The summed E-state index contributed by atoms with van der Waals surface area (Å²) in [6.07, 6.45) is 4.91. The lowest BCUT2D eigenvalue weighted by atomic mass is 10.1. The molecule has 1 aromatic carbocycles. The lowest BCUT2D eigenvalue weighted by Crippen LogP contribution is -1.98. The average Bonchev–Trinajstić information content (AvgIpc) is 2.40. The Morgan fingerprint density at radius 2 is 1.89 bits per heavy atom. The summed E-state index contributed by atoms with van der Waals surface area (Å²) < 4.78 is 5.63. The maximum Gasteiger partial charge on any atom is 0.123 e. The number of nitrogen functional groups attached to an aromatic ring is 1. The summed E-state index contributed by atoms with van der Waals surface area (Å²) in [5, 5.41) is 0. The van der Waals surface area contributed by atoms with Crippen molar-refractivity contribution in [2.45, 2.75) is 19.3 Å². The highest BCUT2D eigenvalue weighted by atomic mass is 16.5. The molecule has 0 saturated heterocycles. The van der Waals surface area contributed by atoms with Gasteiger partial charge in [0.2, 0.25) is 0 Å². The number of rotatable bonds is 6. The number of aromatic nitrogens is 1. The van der Waals surface area contributed by atoms with Crippen molar-refractivity contribution in [3.63, 3.8) is 0 Å². The molecule has 0 fully saturated rings. The molecule has 3 heteroatoms. The quantitative estimate of drug-likeness (QED) is 0.792. The van der Waals surface area contributed by atoms with Crippen LogP contribution < -0.4 is 10.5 Å². The molecule has 0 aliphatic carbocycles. The van der Waals surface area contributed by atoms with Crippen molar-refractivity contribution in [2.75, 3.05) is 12.3 Å². The van der Waals surface area contributed by atoms with Gasteiger partial charge < -0.3 is 10.5 Å². The number of unbranched alkanes of at least 4 members (excludes halogenated alkanes) is 1. The Morgan fingerprint density at radius 3 is 2.67 bits per heavy atom. The van der Waals surface area contributed by atoms with Crippen molar-refractivity contribution in [3.8, 4) is 5.75 Å². The molecule has 0 bridgehead atoms. The minimum Gasteiger partial charge on any atom is -0.494 e. The third-order valence-electron chi connectivity index (χ3n) is 2.72. The molecular weight excluding hydrogens is 224 g/mol. The van der Waals surface area contributed by atoms with E-state index in [1.54, 1.807) is 6.20 Å². The zero-order valence-electron chi connectivity index (χ0n) is 10.4. The van der Waals surface area contributed by atoms with Gasteiger partial charge in [0.15, 0.2) is 0 Å². The number of hydrogen-bond acceptors (Lipinski definition) is 3. The molecule has 94 valence electrons. The third-order valence-corrected chi connectivity index (χ3v) is 2.72. The Bertz CT molecular complexity index is 471. The smallest absolute Gasteiger partial charge is 0.123 e. The van der Waals surface area contributed by atoms with Gasteiger partial charge in [-0.2, -0.15) is 0 Å². The zero-order chi connectivity index (χ0) is 12.6. The topological polar surface area (TPSA) is 48.1 Å². The molecule has 2 aromatic rings. The van der Waals surface area contributed by atoms with Gasteiger partial charge in [0.25, 0.3) is 0 Å². The molecule has 3 nitrogen and oxygen atoms in total. The summed E-state index contributed by atoms with van der Waals surface area (Å²) >= 11 is 0. The normalized spacial score (nSPS) is 10.2. The van der Waals surface area contributed by atoms with Crippen LogP contribution in [0.2, 0.25) is 0 Å². The first kappa shape index (κ1) is 12.4. The van der Waals surface area contributed by atoms with Gasteiger partial charge in [-0.1, -0.05) is 18.2 Å². The lowest BCUT2D eigenvalue weighted by Gasteiger charge is -2.06. The van der Waals surface area contributed by atoms with Gasteiger partial charge in [-0.15, -0.1) is 0 Å². The third kappa shape index (κ3) is 4.09. The molecule has 18 heavy (non-hydrogen) atoms. The zero-order valence-corrected chi connectivity index (χ0v) is 10.4. The van der Waals surface area contributed by atoms with E-state index in [-0.39, 0.29) is 0 Å². The van der Waals surface area contributed by atoms with Gasteiger partial charge in [0, 0.05) is 6.20 Å². The van der Waals surface area contributed by atoms with E-state index in [0.717, 1.165) is 31.6 Å². The molecule has 1 aromatic heterocycles. The highest BCUT2D eigenvalue weighted by molar-refractivity contribution is 5.31. The second-order valence-electron chi connectivity index (χ2n) is 4.21. The molecule has 0 spiro atoms. The van der Waals surface area contributed by atoms with Crippen molar-refractivity contribution < 1.29 is 4.74 Å². The van der Waals surface area contributed by atoms with Crippen LogP contribution in [0.5, 0.6) is 5.75 Å². The van der Waals surface area contributed by atoms with E-state index in [4.69, 9.17) is 10.5 Å². The molecule has 0 saturated carbocycles. The number of nitrogens with zero attached hydrogens (tertiary/aromatic N) is 1. The number of ether oxygens (including phenoxy) is 1. The highest BCUT2D eigenvalue weighted by Crippen LogP contribution is 2.10. The van der Waals surface area contributed by atoms with Gasteiger partial charge in [-0.3, -0.25) is 0 Å². The van der Waals surface area contributed by atoms with Crippen LogP contribution >= 0.6 is 0 Å². The van der Waals surface area contributed by atoms with Crippen LogP contribution in [0.1, 0.15) is 18.4 Å². The molecule has 1 heterocycles.